The molecule has 1 saturated heterocycles. The number of carbonyl (C=O) groups excluding carboxylic acids is 1. The number of morpholine rings is 1. The Morgan fingerprint density at radius 3 is 2.59 bits per heavy atom. The van der Waals surface area contributed by atoms with Gasteiger partial charge in [-0.1, -0.05) is 31.5 Å². The number of non-ortho nitro benzene ring substituents is 1. The van der Waals surface area contributed by atoms with Gasteiger partial charge in [-0.2, -0.15) is 9.78 Å². The van der Waals surface area contributed by atoms with Crippen LogP contribution in [0.15, 0.2) is 47.4 Å². The molecule has 1 amide bonds. The van der Waals surface area contributed by atoms with Gasteiger partial charge >= 0.3 is 0 Å². The van der Waals surface area contributed by atoms with Crippen molar-refractivity contribution in [3.8, 4) is 17.3 Å². The lowest BCUT2D eigenvalue weighted by Crippen LogP contribution is -2.41. The molecule has 39 heavy (non-hydrogen) atoms. The molecule has 3 aromatic rings. The normalized spacial score (nSPS) is 14.0. The number of aromatic nitrogens is 2. The molecule has 0 atom stereocenters. The zero-order chi connectivity index (χ0) is 28.3. The van der Waals surface area contributed by atoms with E-state index in [9.17, 15) is 23.3 Å². The number of nitrogens with zero attached hydrogens (tertiary/aromatic N) is 4. The van der Waals surface area contributed by atoms with E-state index in [4.69, 9.17) is 21.1 Å². The van der Waals surface area contributed by atoms with Crippen LogP contribution in [-0.4, -0.2) is 66.8 Å². The summed E-state index contributed by atoms with van der Waals surface area (Å²) < 4.78 is 41.7. The molecule has 14 heteroatoms. The summed E-state index contributed by atoms with van der Waals surface area (Å²) in [7, 11) is -4.21. The number of hydrogen-bond donors (Lipinski definition) is 1. The molecule has 1 aliphatic rings. The maximum Gasteiger partial charge on any atom is 0.274 e. The molecule has 4 rings (SSSR count). The van der Waals surface area contributed by atoms with E-state index in [0.29, 0.717) is 42.6 Å². The third-order valence-corrected chi connectivity index (χ3v) is 7.62. The van der Waals surface area contributed by atoms with Crippen LogP contribution in [0.5, 0.6) is 11.6 Å². The molecule has 1 N–H and O–H groups in total. The van der Waals surface area contributed by atoms with Gasteiger partial charge in [0.15, 0.2) is 5.69 Å². The minimum atomic E-state index is -4.21. The van der Waals surface area contributed by atoms with Crippen LogP contribution in [0.1, 0.15) is 29.9 Å². The number of halogens is 1. The summed E-state index contributed by atoms with van der Waals surface area (Å²) in [6.45, 7) is 6.99. The Labute approximate surface area is 230 Å². The number of nitro benzene ring substituents is 1. The lowest BCUT2D eigenvalue weighted by molar-refractivity contribution is -0.385. The summed E-state index contributed by atoms with van der Waals surface area (Å²) in [4.78, 5) is 25.3. The second-order valence-corrected chi connectivity index (χ2v) is 11.5. The third-order valence-electron chi connectivity index (χ3n) is 5.94. The molecule has 208 valence electrons. The molecule has 0 spiro atoms. The van der Waals surface area contributed by atoms with Crippen LogP contribution in [0.3, 0.4) is 0 Å². The van der Waals surface area contributed by atoms with Gasteiger partial charge in [0.2, 0.25) is 15.9 Å². The van der Waals surface area contributed by atoms with Crippen molar-refractivity contribution in [2.75, 3.05) is 32.8 Å². The van der Waals surface area contributed by atoms with Gasteiger partial charge in [-0.05, 0) is 37.1 Å². The van der Waals surface area contributed by atoms with Gasteiger partial charge in [-0.3, -0.25) is 14.9 Å². The van der Waals surface area contributed by atoms with Crippen LogP contribution in [0, 0.1) is 23.0 Å². The molecule has 1 aromatic heterocycles. The van der Waals surface area contributed by atoms with Crippen LogP contribution in [0.2, 0.25) is 5.02 Å². The minimum Gasteiger partial charge on any atom is -0.437 e. The van der Waals surface area contributed by atoms with Crippen molar-refractivity contribution in [3.05, 3.63) is 68.9 Å². The number of nitro groups is 1. The van der Waals surface area contributed by atoms with Crippen LogP contribution >= 0.6 is 11.6 Å². The summed E-state index contributed by atoms with van der Waals surface area (Å²) in [5, 5.41) is 16.4. The predicted octanol–water partition coefficient (Wildman–Crippen LogP) is 3.94. The zero-order valence-corrected chi connectivity index (χ0v) is 23.2. The fraction of sp³-hybridized carbons (Fsp3) is 0.360. The molecule has 0 saturated carbocycles. The fourth-order valence-electron chi connectivity index (χ4n) is 3.87. The van der Waals surface area contributed by atoms with E-state index in [0.717, 1.165) is 12.1 Å². The van der Waals surface area contributed by atoms with Gasteiger partial charge in [-0.25, -0.2) is 13.1 Å². The summed E-state index contributed by atoms with van der Waals surface area (Å²) >= 11 is 6.21. The van der Waals surface area contributed by atoms with Crippen LogP contribution in [0.25, 0.3) is 5.69 Å². The Bertz CT molecular complexity index is 1500. The summed E-state index contributed by atoms with van der Waals surface area (Å²) in [6.07, 6.45) is 0. The van der Waals surface area contributed by atoms with Gasteiger partial charge in [-0.15, -0.1) is 0 Å². The molecule has 1 aliphatic heterocycles. The van der Waals surface area contributed by atoms with Gasteiger partial charge in [0.25, 0.3) is 11.6 Å². The highest BCUT2D eigenvalue weighted by Gasteiger charge is 2.30. The maximum absolute atomic E-state index is 13.4. The van der Waals surface area contributed by atoms with Crippen molar-refractivity contribution < 1.29 is 27.6 Å². The van der Waals surface area contributed by atoms with E-state index in [1.807, 2.05) is 13.8 Å². The molecule has 1 fully saturated rings. The molecule has 0 aliphatic carbocycles. The van der Waals surface area contributed by atoms with E-state index < -0.39 is 25.5 Å². The third kappa shape index (κ3) is 6.38. The Morgan fingerprint density at radius 1 is 1.23 bits per heavy atom. The number of sulfonamides is 1. The SMILES string of the molecule is Cc1c(C(=O)N2CCOCC2)nn(-c2cccc(Cl)c2)c1Oc1ccc([N+](=O)[O-])cc1S(=O)(=O)NCC(C)C. The first-order valence-electron chi connectivity index (χ1n) is 12.2. The molecule has 0 unspecified atom stereocenters. The van der Waals surface area contributed by atoms with Crippen LogP contribution < -0.4 is 9.46 Å². The van der Waals surface area contributed by atoms with Crippen molar-refractivity contribution in [2.45, 2.75) is 25.7 Å². The topological polar surface area (TPSA) is 146 Å². The van der Waals surface area contributed by atoms with Gasteiger partial charge < -0.3 is 14.4 Å². The van der Waals surface area contributed by atoms with Crippen LogP contribution in [0.4, 0.5) is 5.69 Å². The second kappa shape index (κ2) is 11.7. The first kappa shape index (κ1) is 28.5. The lowest BCUT2D eigenvalue weighted by Gasteiger charge is -2.26. The molecule has 0 radical (unpaired) electrons. The first-order valence-corrected chi connectivity index (χ1v) is 14.0. The predicted molar refractivity (Wildman–Crippen MR) is 143 cm³/mol. The van der Waals surface area contributed by atoms with Crippen LogP contribution in [-0.2, 0) is 14.8 Å². The standard InChI is InChI=1S/C25H28ClN5O7S/c1-16(2)15-27-39(35,36)22-14-20(31(33)34)7-8-21(22)38-25-17(3)23(24(32)29-9-11-37-12-10-29)28-30(25)19-6-4-5-18(26)13-19/h4-8,13-14,16,27H,9-12,15H2,1-3H3. The zero-order valence-electron chi connectivity index (χ0n) is 21.6. The largest absolute Gasteiger partial charge is 0.437 e. The van der Waals surface area contributed by atoms with E-state index in [-0.39, 0.29) is 35.7 Å². The highest BCUT2D eigenvalue weighted by atomic mass is 35.5. The number of rotatable bonds is 9. The Hall–Kier alpha value is -3.52. The highest BCUT2D eigenvalue weighted by molar-refractivity contribution is 7.89. The summed E-state index contributed by atoms with van der Waals surface area (Å²) in [5.74, 6) is -0.462. The smallest absolute Gasteiger partial charge is 0.274 e. The fourth-order valence-corrected chi connectivity index (χ4v) is 5.41. The molecule has 0 bridgehead atoms. The van der Waals surface area contributed by atoms with E-state index in [1.165, 1.54) is 10.7 Å². The van der Waals surface area contributed by atoms with Crippen molar-refractivity contribution >= 4 is 33.2 Å². The number of benzene rings is 2. The molecular weight excluding hydrogens is 550 g/mol. The average Bonchev–Trinajstić information content (AvgIpc) is 3.23. The van der Waals surface area contributed by atoms with E-state index in [1.54, 1.807) is 36.1 Å². The number of hydrogen-bond acceptors (Lipinski definition) is 8. The Morgan fingerprint density at radius 2 is 1.95 bits per heavy atom. The minimum absolute atomic E-state index is 0.0110. The Balaban J connectivity index is 1.84. The average molecular weight is 578 g/mol. The highest BCUT2D eigenvalue weighted by Crippen LogP contribution is 2.36. The maximum atomic E-state index is 13.4. The number of amides is 1. The second-order valence-electron chi connectivity index (χ2n) is 9.31. The van der Waals surface area contributed by atoms with Crippen molar-refractivity contribution in [1.82, 2.24) is 19.4 Å². The van der Waals surface area contributed by atoms with Crippen molar-refractivity contribution in [2.24, 2.45) is 5.92 Å². The molecule has 2 aromatic carbocycles. The summed E-state index contributed by atoms with van der Waals surface area (Å²) in [5.41, 5.74) is 0.501. The number of nitrogens with one attached hydrogen (secondary N) is 1. The molecule has 2 heterocycles. The van der Waals surface area contributed by atoms with Gasteiger partial charge in [0.05, 0.1) is 23.8 Å². The Kier molecular flexibility index (Phi) is 8.54. The van der Waals surface area contributed by atoms with E-state index >= 15 is 0 Å². The monoisotopic (exact) mass is 577 g/mol. The number of carbonyl (C=O) groups is 1. The van der Waals surface area contributed by atoms with Crippen molar-refractivity contribution in [1.29, 1.82) is 0 Å². The lowest BCUT2D eigenvalue weighted by atomic mass is 10.2. The molecular formula is C25H28ClN5O7S. The van der Waals surface area contributed by atoms with Gasteiger partial charge in [0, 0.05) is 42.4 Å². The number of ether oxygens (including phenoxy) is 2. The quantitative estimate of drug-likeness (QED) is 0.297. The summed E-state index contributed by atoms with van der Waals surface area (Å²) in [6, 6.07) is 9.97. The molecule has 12 nitrogen and oxygen atoms in total. The van der Waals surface area contributed by atoms with Crippen molar-refractivity contribution in [3.63, 3.8) is 0 Å². The van der Waals surface area contributed by atoms with E-state index in [2.05, 4.69) is 9.82 Å². The van der Waals surface area contributed by atoms with Gasteiger partial charge in [0.1, 0.15) is 10.6 Å². The first-order chi connectivity index (χ1) is 18.5.